The van der Waals surface area contributed by atoms with Gasteiger partial charge in [-0.05, 0) is 36.8 Å². The van der Waals surface area contributed by atoms with Crippen LogP contribution in [0, 0.1) is 11.3 Å². The second-order valence-corrected chi connectivity index (χ2v) is 5.77. The topological polar surface area (TPSA) is 86.1 Å². The van der Waals surface area contributed by atoms with Crippen LogP contribution in [0.4, 0.5) is 0 Å². The van der Waals surface area contributed by atoms with Crippen molar-refractivity contribution < 1.29 is 9.59 Å². The minimum atomic E-state index is -0.215. The number of aromatic nitrogens is 1. The fraction of sp³-hybridized carbons (Fsp3) is 0.263. The fourth-order valence-electron chi connectivity index (χ4n) is 2.37. The lowest BCUT2D eigenvalue weighted by molar-refractivity contribution is -0.121. The van der Waals surface area contributed by atoms with Crippen molar-refractivity contribution >= 4 is 11.8 Å². The molecule has 1 aromatic carbocycles. The summed E-state index contributed by atoms with van der Waals surface area (Å²) in [5, 5.41) is 11.4. The first-order valence-corrected chi connectivity index (χ1v) is 7.90. The molecule has 0 aliphatic carbocycles. The summed E-state index contributed by atoms with van der Waals surface area (Å²) in [6.07, 6.45) is 1.86. The normalized spacial score (nSPS) is 11.3. The van der Waals surface area contributed by atoms with Crippen LogP contribution in [0.1, 0.15) is 29.4 Å². The monoisotopic (exact) mass is 336 g/mol. The highest BCUT2D eigenvalue weighted by atomic mass is 16.2. The molecule has 1 heterocycles. The highest BCUT2D eigenvalue weighted by Crippen LogP contribution is 2.21. The molecule has 1 atom stereocenters. The first kappa shape index (κ1) is 18.1. The maximum atomic E-state index is 12.7. The molecule has 1 aromatic heterocycles. The minimum Gasteiger partial charge on any atom is -0.359 e. The van der Waals surface area contributed by atoms with Crippen molar-refractivity contribution in [2.45, 2.75) is 19.4 Å². The maximum absolute atomic E-state index is 12.7. The van der Waals surface area contributed by atoms with Crippen molar-refractivity contribution in [1.29, 1.82) is 5.26 Å². The smallest absolute Gasteiger partial charge is 0.253 e. The first-order chi connectivity index (χ1) is 12.0. The van der Waals surface area contributed by atoms with Crippen molar-refractivity contribution in [2.24, 2.45) is 0 Å². The van der Waals surface area contributed by atoms with Gasteiger partial charge in [0.25, 0.3) is 5.91 Å². The number of carbonyl (C=O) groups is 2. The molecule has 0 aliphatic heterocycles. The van der Waals surface area contributed by atoms with Gasteiger partial charge in [0.1, 0.15) is 11.8 Å². The lowest BCUT2D eigenvalue weighted by Crippen LogP contribution is -2.38. The third-order valence-corrected chi connectivity index (χ3v) is 4.06. The van der Waals surface area contributed by atoms with Crippen LogP contribution in [-0.2, 0) is 4.79 Å². The molecule has 2 aromatic rings. The second-order valence-electron chi connectivity index (χ2n) is 5.77. The van der Waals surface area contributed by atoms with Gasteiger partial charge in [-0.3, -0.25) is 9.59 Å². The molecule has 2 rings (SSSR count). The molecule has 2 amide bonds. The molecular weight excluding hydrogens is 316 g/mol. The number of pyridine rings is 1. The number of amides is 2. The second kappa shape index (κ2) is 8.06. The molecule has 6 heteroatoms. The highest BCUT2D eigenvalue weighted by molar-refractivity contribution is 5.95. The molecule has 0 bridgehead atoms. The number of rotatable bonds is 5. The van der Waals surface area contributed by atoms with E-state index >= 15 is 0 Å². The van der Waals surface area contributed by atoms with Gasteiger partial charge in [0.2, 0.25) is 5.91 Å². The van der Waals surface area contributed by atoms with E-state index in [9.17, 15) is 9.59 Å². The SMILES string of the molecule is CNC(=O)CC(C)N(C)C(=O)c1cccc(-c2ccc(C#N)nc2)c1. The number of hydrogen-bond donors (Lipinski definition) is 1. The van der Waals surface area contributed by atoms with E-state index < -0.39 is 0 Å². The van der Waals surface area contributed by atoms with E-state index in [-0.39, 0.29) is 24.3 Å². The van der Waals surface area contributed by atoms with E-state index in [2.05, 4.69) is 10.3 Å². The van der Waals surface area contributed by atoms with Gasteiger partial charge < -0.3 is 10.2 Å². The molecule has 0 fully saturated rings. The van der Waals surface area contributed by atoms with Crippen LogP contribution in [0.3, 0.4) is 0 Å². The van der Waals surface area contributed by atoms with Gasteiger partial charge in [0, 0.05) is 43.9 Å². The number of benzene rings is 1. The summed E-state index contributed by atoms with van der Waals surface area (Å²) in [6.45, 7) is 1.83. The van der Waals surface area contributed by atoms with Crippen molar-refractivity contribution in [3.63, 3.8) is 0 Å². The molecule has 25 heavy (non-hydrogen) atoms. The van der Waals surface area contributed by atoms with E-state index in [4.69, 9.17) is 5.26 Å². The van der Waals surface area contributed by atoms with E-state index in [1.54, 1.807) is 55.5 Å². The van der Waals surface area contributed by atoms with E-state index in [1.165, 1.54) is 0 Å². The molecule has 0 saturated heterocycles. The summed E-state index contributed by atoms with van der Waals surface area (Å²) in [5.41, 5.74) is 2.55. The lowest BCUT2D eigenvalue weighted by atomic mass is 10.0. The molecule has 0 spiro atoms. The van der Waals surface area contributed by atoms with Crippen molar-refractivity contribution in [3.8, 4) is 17.2 Å². The van der Waals surface area contributed by atoms with Gasteiger partial charge in [-0.2, -0.15) is 5.26 Å². The van der Waals surface area contributed by atoms with E-state index in [0.717, 1.165) is 11.1 Å². The predicted octanol–water partition coefficient (Wildman–Crippen LogP) is 2.22. The van der Waals surface area contributed by atoms with Gasteiger partial charge in [-0.1, -0.05) is 12.1 Å². The van der Waals surface area contributed by atoms with Gasteiger partial charge >= 0.3 is 0 Å². The van der Waals surface area contributed by atoms with Crippen LogP contribution in [0.5, 0.6) is 0 Å². The Labute approximate surface area is 147 Å². The Morgan fingerprint density at radius 1 is 1.28 bits per heavy atom. The summed E-state index contributed by atoms with van der Waals surface area (Å²) in [5.74, 6) is -0.260. The average Bonchev–Trinajstić information content (AvgIpc) is 2.66. The molecule has 128 valence electrons. The van der Waals surface area contributed by atoms with Crippen molar-refractivity contribution in [1.82, 2.24) is 15.2 Å². The Morgan fingerprint density at radius 2 is 2.04 bits per heavy atom. The molecule has 0 aliphatic rings. The maximum Gasteiger partial charge on any atom is 0.253 e. The lowest BCUT2D eigenvalue weighted by Gasteiger charge is -2.24. The molecule has 0 saturated carbocycles. The fourth-order valence-corrected chi connectivity index (χ4v) is 2.37. The van der Waals surface area contributed by atoms with Crippen molar-refractivity contribution in [3.05, 3.63) is 53.9 Å². The molecule has 6 nitrogen and oxygen atoms in total. The number of carbonyl (C=O) groups excluding carboxylic acids is 2. The van der Waals surface area contributed by atoms with Crippen LogP contribution in [0.25, 0.3) is 11.1 Å². The van der Waals surface area contributed by atoms with Crippen LogP contribution in [0.2, 0.25) is 0 Å². The zero-order chi connectivity index (χ0) is 18.4. The molecule has 1 N–H and O–H groups in total. The first-order valence-electron chi connectivity index (χ1n) is 7.90. The quantitative estimate of drug-likeness (QED) is 0.907. The van der Waals surface area contributed by atoms with E-state index in [0.29, 0.717) is 11.3 Å². The number of nitriles is 1. The number of nitrogens with zero attached hydrogens (tertiary/aromatic N) is 3. The van der Waals surface area contributed by atoms with Gasteiger partial charge in [-0.25, -0.2) is 4.98 Å². The van der Waals surface area contributed by atoms with Gasteiger partial charge in [0.15, 0.2) is 0 Å². The Morgan fingerprint density at radius 3 is 2.64 bits per heavy atom. The Bertz CT molecular complexity index is 809. The molecule has 0 radical (unpaired) electrons. The summed E-state index contributed by atoms with van der Waals surface area (Å²) in [7, 11) is 3.26. The standard InChI is InChI=1S/C19H20N4O2/c1-13(9-18(24)21-2)23(3)19(25)15-6-4-5-14(10-15)16-7-8-17(11-20)22-12-16/h4-8,10,12-13H,9H2,1-3H3,(H,21,24). The number of hydrogen-bond acceptors (Lipinski definition) is 4. The summed E-state index contributed by atoms with van der Waals surface area (Å²) >= 11 is 0. The largest absolute Gasteiger partial charge is 0.359 e. The zero-order valence-corrected chi connectivity index (χ0v) is 14.5. The van der Waals surface area contributed by atoms with Crippen molar-refractivity contribution in [2.75, 3.05) is 14.1 Å². The Kier molecular flexibility index (Phi) is 5.85. The highest BCUT2D eigenvalue weighted by Gasteiger charge is 2.19. The summed E-state index contributed by atoms with van der Waals surface area (Å²) < 4.78 is 0. The molecule has 1 unspecified atom stereocenters. The Hall–Kier alpha value is -3.20. The van der Waals surface area contributed by atoms with Crippen LogP contribution < -0.4 is 5.32 Å². The average molecular weight is 336 g/mol. The third-order valence-electron chi connectivity index (χ3n) is 4.06. The Balaban J connectivity index is 2.20. The summed E-state index contributed by atoms with van der Waals surface area (Å²) in [6, 6.07) is 12.4. The van der Waals surface area contributed by atoms with Gasteiger partial charge in [-0.15, -0.1) is 0 Å². The predicted molar refractivity (Wildman–Crippen MR) is 94.6 cm³/mol. The minimum absolute atomic E-state index is 0.107. The van der Waals surface area contributed by atoms with Gasteiger partial charge in [0.05, 0.1) is 0 Å². The zero-order valence-electron chi connectivity index (χ0n) is 14.5. The molecular formula is C19H20N4O2. The number of nitrogens with one attached hydrogen (secondary N) is 1. The van der Waals surface area contributed by atoms with E-state index in [1.807, 2.05) is 19.1 Å². The van der Waals surface area contributed by atoms with Crippen LogP contribution in [-0.4, -0.2) is 41.8 Å². The van der Waals surface area contributed by atoms with Crippen LogP contribution >= 0.6 is 0 Å². The summed E-state index contributed by atoms with van der Waals surface area (Å²) in [4.78, 5) is 29.8. The van der Waals surface area contributed by atoms with Crippen LogP contribution in [0.15, 0.2) is 42.6 Å². The third kappa shape index (κ3) is 4.42.